The number of ether oxygens (including phenoxy) is 1. The maximum Gasteiger partial charge on any atom is 0.411 e. The summed E-state index contributed by atoms with van der Waals surface area (Å²) in [4.78, 5) is 24.5. The Labute approximate surface area is 147 Å². The number of carbonyl (C=O) groups is 2. The number of amides is 1. The quantitative estimate of drug-likeness (QED) is 0.886. The predicted molar refractivity (Wildman–Crippen MR) is 96.2 cm³/mol. The van der Waals surface area contributed by atoms with E-state index in [1.807, 2.05) is 54.6 Å². The Hall–Kier alpha value is -2.82. The van der Waals surface area contributed by atoms with Crippen LogP contribution in [-0.2, 0) is 16.1 Å². The summed E-state index contributed by atoms with van der Waals surface area (Å²) >= 11 is 0. The van der Waals surface area contributed by atoms with E-state index in [2.05, 4.69) is 0 Å². The second-order valence-corrected chi connectivity index (χ2v) is 6.79. The molecule has 0 aliphatic heterocycles. The van der Waals surface area contributed by atoms with Crippen LogP contribution in [0.25, 0.3) is 11.1 Å². The molecule has 0 unspecified atom stereocenters. The number of carbonyl (C=O) groups excluding carboxylic acids is 1. The molecule has 0 fully saturated rings. The number of nitrogens with zero attached hydrogens (tertiary/aromatic N) is 1. The zero-order valence-electron chi connectivity index (χ0n) is 14.7. The lowest BCUT2D eigenvalue weighted by Gasteiger charge is -2.26. The number of rotatable bonds is 5. The van der Waals surface area contributed by atoms with Gasteiger partial charge in [0.1, 0.15) is 12.1 Å². The van der Waals surface area contributed by atoms with Crippen molar-refractivity contribution in [2.24, 2.45) is 0 Å². The first-order chi connectivity index (χ1) is 11.7. The van der Waals surface area contributed by atoms with Crippen molar-refractivity contribution in [3.63, 3.8) is 0 Å². The monoisotopic (exact) mass is 341 g/mol. The molecular weight excluding hydrogens is 318 g/mol. The maximum absolute atomic E-state index is 12.2. The summed E-state index contributed by atoms with van der Waals surface area (Å²) in [7, 11) is 0. The molecule has 0 radical (unpaired) electrons. The molecular formula is C20H23NO4. The van der Waals surface area contributed by atoms with Gasteiger partial charge in [-0.05, 0) is 37.5 Å². The van der Waals surface area contributed by atoms with E-state index in [4.69, 9.17) is 9.84 Å². The summed E-state index contributed by atoms with van der Waals surface area (Å²) in [6.45, 7) is 5.02. The van der Waals surface area contributed by atoms with Crippen molar-refractivity contribution in [3.8, 4) is 11.1 Å². The van der Waals surface area contributed by atoms with E-state index in [0.29, 0.717) is 0 Å². The molecule has 0 saturated carbocycles. The van der Waals surface area contributed by atoms with Gasteiger partial charge in [0.05, 0.1) is 0 Å². The molecule has 0 aliphatic carbocycles. The summed E-state index contributed by atoms with van der Waals surface area (Å²) in [6.07, 6.45) is -0.637. The van der Waals surface area contributed by atoms with Gasteiger partial charge in [-0.1, -0.05) is 54.6 Å². The van der Waals surface area contributed by atoms with Gasteiger partial charge >= 0.3 is 12.1 Å². The van der Waals surface area contributed by atoms with E-state index < -0.39 is 24.2 Å². The molecule has 0 bridgehead atoms. The third kappa shape index (κ3) is 5.95. The number of carboxylic acids is 1. The van der Waals surface area contributed by atoms with Crippen molar-refractivity contribution in [2.45, 2.75) is 32.9 Å². The van der Waals surface area contributed by atoms with Crippen molar-refractivity contribution in [2.75, 3.05) is 6.54 Å². The zero-order valence-corrected chi connectivity index (χ0v) is 14.7. The molecule has 132 valence electrons. The first kappa shape index (κ1) is 18.5. The molecule has 1 amide bonds. The average molecular weight is 341 g/mol. The first-order valence-electron chi connectivity index (χ1n) is 8.09. The fourth-order valence-corrected chi connectivity index (χ4v) is 2.33. The highest BCUT2D eigenvalue weighted by Gasteiger charge is 2.24. The number of hydrogen-bond donors (Lipinski definition) is 1. The van der Waals surface area contributed by atoms with Gasteiger partial charge in [0, 0.05) is 6.54 Å². The topological polar surface area (TPSA) is 66.8 Å². The lowest BCUT2D eigenvalue weighted by atomic mass is 10.0. The Kier molecular flexibility index (Phi) is 5.80. The molecule has 0 heterocycles. The maximum atomic E-state index is 12.2. The summed E-state index contributed by atoms with van der Waals surface area (Å²) in [5, 5.41) is 9.05. The van der Waals surface area contributed by atoms with E-state index >= 15 is 0 Å². The van der Waals surface area contributed by atoms with Crippen LogP contribution < -0.4 is 0 Å². The highest BCUT2D eigenvalue weighted by atomic mass is 16.6. The third-order valence-electron chi connectivity index (χ3n) is 3.41. The minimum absolute atomic E-state index is 0.177. The fraction of sp³-hybridized carbons (Fsp3) is 0.300. The van der Waals surface area contributed by atoms with Crippen molar-refractivity contribution >= 4 is 12.1 Å². The second-order valence-electron chi connectivity index (χ2n) is 6.79. The zero-order chi connectivity index (χ0) is 18.4. The van der Waals surface area contributed by atoms with Crippen LogP contribution >= 0.6 is 0 Å². The Bertz CT molecular complexity index is 718. The molecule has 0 aliphatic rings. The lowest BCUT2D eigenvalue weighted by Crippen LogP contribution is -2.39. The molecule has 5 heteroatoms. The molecule has 0 saturated heterocycles. The van der Waals surface area contributed by atoms with Crippen LogP contribution in [0.3, 0.4) is 0 Å². The average Bonchev–Trinajstić information content (AvgIpc) is 2.54. The second kappa shape index (κ2) is 7.83. The highest BCUT2D eigenvalue weighted by Crippen LogP contribution is 2.20. The fourth-order valence-electron chi connectivity index (χ4n) is 2.33. The van der Waals surface area contributed by atoms with Crippen molar-refractivity contribution in [1.82, 2.24) is 4.90 Å². The number of carboxylic acid groups (broad SMARTS) is 1. The number of benzene rings is 2. The van der Waals surface area contributed by atoms with Crippen LogP contribution in [0.4, 0.5) is 4.79 Å². The molecule has 1 N–H and O–H groups in total. The first-order valence-corrected chi connectivity index (χ1v) is 8.09. The van der Waals surface area contributed by atoms with E-state index in [1.165, 1.54) is 4.90 Å². The predicted octanol–water partition coefficient (Wildman–Crippen LogP) is 4.18. The largest absolute Gasteiger partial charge is 0.480 e. The molecule has 25 heavy (non-hydrogen) atoms. The van der Waals surface area contributed by atoms with Gasteiger partial charge in [-0.3, -0.25) is 9.69 Å². The highest BCUT2D eigenvalue weighted by molar-refractivity contribution is 5.77. The Morgan fingerprint density at radius 3 is 2.04 bits per heavy atom. The molecule has 5 nitrogen and oxygen atoms in total. The Morgan fingerprint density at radius 2 is 1.52 bits per heavy atom. The van der Waals surface area contributed by atoms with Gasteiger partial charge in [-0.25, -0.2) is 4.79 Å². The van der Waals surface area contributed by atoms with Gasteiger partial charge < -0.3 is 9.84 Å². The standard InChI is InChI=1S/C20H23NO4/c1-20(2,3)25-19(24)21(14-18(22)23)13-15-9-11-17(12-10-15)16-7-5-4-6-8-16/h4-12H,13-14H2,1-3H3,(H,22,23). The molecule has 0 atom stereocenters. The third-order valence-corrected chi connectivity index (χ3v) is 3.41. The van der Waals surface area contributed by atoms with Gasteiger partial charge in [0.15, 0.2) is 0 Å². The Balaban J connectivity index is 2.12. The van der Waals surface area contributed by atoms with Gasteiger partial charge in [-0.2, -0.15) is 0 Å². The van der Waals surface area contributed by atoms with Gasteiger partial charge in [-0.15, -0.1) is 0 Å². The van der Waals surface area contributed by atoms with Crippen LogP contribution in [0.15, 0.2) is 54.6 Å². The molecule has 2 rings (SSSR count). The molecule has 2 aromatic rings. The summed E-state index contributed by atoms with van der Waals surface area (Å²) in [5.74, 6) is -1.08. The van der Waals surface area contributed by atoms with Crippen molar-refractivity contribution in [3.05, 3.63) is 60.2 Å². The SMILES string of the molecule is CC(C)(C)OC(=O)N(CC(=O)O)Cc1ccc(-c2ccccc2)cc1. The van der Waals surface area contributed by atoms with Gasteiger partial charge in [0.2, 0.25) is 0 Å². The smallest absolute Gasteiger partial charge is 0.411 e. The van der Waals surface area contributed by atoms with E-state index in [0.717, 1.165) is 16.7 Å². The van der Waals surface area contributed by atoms with Crippen LogP contribution in [0.1, 0.15) is 26.3 Å². The number of hydrogen-bond acceptors (Lipinski definition) is 3. The summed E-state index contributed by atoms with van der Waals surface area (Å²) < 4.78 is 5.29. The van der Waals surface area contributed by atoms with E-state index in [-0.39, 0.29) is 6.54 Å². The van der Waals surface area contributed by atoms with Crippen LogP contribution in [0.2, 0.25) is 0 Å². The van der Waals surface area contributed by atoms with E-state index in [1.54, 1.807) is 20.8 Å². The van der Waals surface area contributed by atoms with Crippen LogP contribution in [-0.4, -0.2) is 34.2 Å². The van der Waals surface area contributed by atoms with Crippen molar-refractivity contribution < 1.29 is 19.4 Å². The molecule has 2 aromatic carbocycles. The lowest BCUT2D eigenvalue weighted by molar-refractivity contribution is -0.138. The van der Waals surface area contributed by atoms with E-state index in [9.17, 15) is 9.59 Å². The minimum Gasteiger partial charge on any atom is -0.480 e. The normalized spacial score (nSPS) is 11.0. The van der Waals surface area contributed by atoms with Crippen LogP contribution in [0, 0.1) is 0 Å². The van der Waals surface area contributed by atoms with Crippen LogP contribution in [0.5, 0.6) is 0 Å². The molecule has 0 spiro atoms. The summed E-state index contributed by atoms with van der Waals surface area (Å²) in [6, 6.07) is 17.6. The Morgan fingerprint density at radius 1 is 0.960 bits per heavy atom. The van der Waals surface area contributed by atoms with Gasteiger partial charge in [0.25, 0.3) is 0 Å². The minimum atomic E-state index is -1.08. The number of aliphatic carboxylic acids is 1. The molecule has 0 aromatic heterocycles. The van der Waals surface area contributed by atoms with Crippen molar-refractivity contribution in [1.29, 1.82) is 0 Å². The summed E-state index contributed by atoms with van der Waals surface area (Å²) in [5.41, 5.74) is 2.33.